The summed E-state index contributed by atoms with van der Waals surface area (Å²) in [5.41, 5.74) is 2.45. The van der Waals surface area contributed by atoms with Crippen LogP contribution in [0.2, 0.25) is 0 Å². The second-order valence-corrected chi connectivity index (χ2v) is 5.10. The molecule has 0 saturated carbocycles. The third-order valence-electron chi connectivity index (χ3n) is 3.75. The van der Waals surface area contributed by atoms with Crippen molar-refractivity contribution in [3.63, 3.8) is 0 Å². The summed E-state index contributed by atoms with van der Waals surface area (Å²) in [7, 11) is 0. The zero-order chi connectivity index (χ0) is 13.8. The van der Waals surface area contributed by atoms with Crippen LogP contribution in [0.15, 0.2) is 24.3 Å². The maximum absolute atomic E-state index is 11.2. The van der Waals surface area contributed by atoms with Gasteiger partial charge in [0.15, 0.2) is 0 Å². The van der Waals surface area contributed by atoms with E-state index in [0.717, 1.165) is 13.1 Å². The van der Waals surface area contributed by atoms with Gasteiger partial charge in [-0.1, -0.05) is 36.8 Å². The van der Waals surface area contributed by atoms with Crippen LogP contribution in [0.25, 0.3) is 0 Å². The van der Waals surface area contributed by atoms with Crippen LogP contribution in [0, 0.1) is 12.8 Å². The summed E-state index contributed by atoms with van der Waals surface area (Å²) >= 11 is 0. The molecule has 4 nitrogen and oxygen atoms in total. The van der Waals surface area contributed by atoms with Crippen molar-refractivity contribution in [3.05, 3.63) is 35.4 Å². The van der Waals surface area contributed by atoms with E-state index < -0.39 is 11.9 Å². The standard InChI is InChI=1S/C15H21NO3/c1-3-16(8-12-6-4-11(2)5-7-12)14-10-19-9-13(14)15(17)18/h4-7,13-14H,3,8-10H2,1-2H3,(H,17,18). The molecule has 1 heterocycles. The van der Waals surface area contributed by atoms with E-state index in [1.54, 1.807) is 0 Å². The highest BCUT2D eigenvalue weighted by Crippen LogP contribution is 2.22. The molecule has 0 aromatic heterocycles. The molecule has 1 aliphatic rings. The highest BCUT2D eigenvalue weighted by Gasteiger charge is 2.37. The van der Waals surface area contributed by atoms with Crippen molar-refractivity contribution >= 4 is 5.97 Å². The maximum Gasteiger partial charge on any atom is 0.310 e. The number of aryl methyl sites for hydroxylation is 1. The van der Waals surface area contributed by atoms with Gasteiger partial charge < -0.3 is 9.84 Å². The molecule has 19 heavy (non-hydrogen) atoms. The number of carbonyl (C=O) groups is 1. The number of nitrogens with zero attached hydrogens (tertiary/aromatic N) is 1. The van der Waals surface area contributed by atoms with Crippen LogP contribution in [0.3, 0.4) is 0 Å². The topological polar surface area (TPSA) is 49.8 Å². The summed E-state index contributed by atoms with van der Waals surface area (Å²) in [6.45, 7) is 6.55. The number of carboxylic acids is 1. The van der Waals surface area contributed by atoms with Gasteiger partial charge in [0, 0.05) is 12.6 Å². The van der Waals surface area contributed by atoms with Crippen LogP contribution in [0.5, 0.6) is 0 Å². The SMILES string of the molecule is CCN(Cc1ccc(C)cc1)C1COCC1C(=O)O. The molecule has 1 aliphatic heterocycles. The van der Waals surface area contributed by atoms with Crippen molar-refractivity contribution in [2.75, 3.05) is 19.8 Å². The van der Waals surface area contributed by atoms with Crippen molar-refractivity contribution in [1.29, 1.82) is 0 Å². The molecule has 2 rings (SSSR count). The molecule has 0 radical (unpaired) electrons. The Morgan fingerprint density at radius 2 is 2.05 bits per heavy atom. The monoisotopic (exact) mass is 263 g/mol. The number of aliphatic carboxylic acids is 1. The molecule has 104 valence electrons. The molecule has 0 bridgehead atoms. The van der Waals surface area contributed by atoms with E-state index in [4.69, 9.17) is 4.74 Å². The molecular formula is C15H21NO3. The number of ether oxygens (including phenoxy) is 1. The largest absolute Gasteiger partial charge is 0.481 e. The first-order valence-corrected chi connectivity index (χ1v) is 6.72. The Morgan fingerprint density at radius 3 is 2.63 bits per heavy atom. The van der Waals surface area contributed by atoms with Crippen LogP contribution >= 0.6 is 0 Å². The molecule has 2 atom stereocenters. The number of carboxylic acid groups (broad SMARTS) is 1. The van der Waals surface area contributed by atoms with Gasteiger partial charge in [-0.3, -0.25) is 9.69 Å². The van der Waals surface area contributed by atoms with Gasteiger partial charge in [0.2, 0.25) is 0 Å². The molecule has 0 aliphatic carbocycles. The lowest BCUT2D eigenvalue weighted by Gasteiger charge is -2.29. The van der Waals surface area contributed by atoms with Crippen molar-refractivity contribution in [2.24, 2.45) is 5.92 Å². The maximum atomic E-state index is 11.2. The zero-order valence-corrected chi connectivity index (χ0v) is 11.5. The number of benzene rings is 1. The van der Waals surface area contributed by atoms with Gasteiger partial charge in [-0.25, -0.2) is 0 Å². The summed E-state index contributed by atoms with van der Waals surface area (Å²) in [6, 6.07) is 8.35. The van der Waals surface area contributed by atoms with Gasteiger partial charge in [0.05, 0.1) is 19.1 Å². The normalized spacial score (nSPS) is 22.9. The van der Waals surface area contributed by atoms with Crippen molar-refractivity contribution in [2.45, 2.75) is 26.4 Å². The van der Waals surface area contributed by atoms with E-state index in [-0.39, 0.29) is 6.04 Å². The van der Waals surface area contributed by atoms with Gasteiger partial charge >= 0.3 is 5.97 Å². The minimum absolute atomic E-state index is 0.0243. The molecule has 1 aromatic carbocycles. The molecule has 1 saturated heterocycles. The number of hydrogen-bond donors (Lipinski definition) is 1. The van der Waals surface area contributed by atoms with E-state index >= 15 is 0 Å². The summed E-state index contributed by atoms with van der Waals surface area (Å²) in [5, 5.41) is 9.22. The molecule has 0 spiro atoms. The Labute approximate surface area is 114 Å². The van der Waals surface area contributed by atoms with Crippen LogP contribution < -0.4 is 0 Å². The Morgan fingerprint density at radius 1 is 1.37 bits per heavy atom. The molecular weight excluding hydrogens is 242 g/mol. The number of likely N-dealkylation sites (N-methyl/N-ethyl adjacent to an activating group) is 1. The quantitative estimate of drug-likeness (QED) is 0.881. The second kappa shape index (κ2) is 6.17. The average molecular weight is 263 g/mol. The third-order valence-corrected chi connectivity index (χ3v) is 3.75. The van der Waals surface area contributed by atoms with E-state index in [2.05, 4.69) is 43.0 Å². The Bertz CT molecular complexity index is 430. The van der Waals surface area contributed by atoms with Crippen LogP contribution in [-0.2, 0) is 16.1 Å². The van der Waals surface area contributed by atoms with Crippen molar-refractivity contribution in [1.82, 2.24) is 4.90 Å². The van der Waals surface area contributed by atoms with E-state index in [1.165, 1.54) is 11.1 Å². The van der Waals surface area contributed by atoms with Crippen molar-refractivity contribution in [3.8, 4) is 0 Å². The molecule has 1 aromatic rings. The Hall–Kier alpha value is -1.39. The minimum Gasteiger partial charge on any atom is -0.481 e. The first-order valence-electron chi connectivity index (χ1n) is 6.72. The van der Waals surface area contributed by atoms with Crippen LogP contribution in [0.4, 0.5) is 0 Å². The predicted octanol–water partition coefficient (Wildman–Crippen LogP) is 1.92. The number of hydrogen-bond acceptors (Lipinski definition) is 3. The molecule has 2 unspecified atom stereocenters. The summed E-state index contributed by atoms with van der Waals surface area (Å²) < 4.78 is 5.35. The molecule has 4 heteroatoms. The predicted molar refractivity (Wildman–Crippen MR) is 73.0 cm³/mol. The van der Waals surface area contributed by atoms with E-state index in [9.17, 15) is 9.90 Å². The van der Waals surface area contributed by atoms with Crippen LogP contribution in [-0.4, -0.2) is 41.8 Å². The van der Waals surface area contributed by atoms with Gasteiger partial charge in [0.25, 0.3) is 0 Å². The molecule has 0 amide bonds. The highest BCUT2D eigenvalue weighted by atomic mass is 16.5. The summed E-state index contributed by atoms with van der Waals surface area (Å²) in [5.74, 6) is -1.17. The van der Waals surface area contributed by atoms with Gasteiger partial charge in [-0.05, 0) is 19.0 Å². The third kappa shape index (κ3) is 3.33. The first kappa shape index (κ1) is 14.0. The Kier molecular flexibility index (Phi) is 4.56. The van der Waals surface area contributed by atoms with Crippen molar-refractivity contribution < 1.29 is 14.6 Å². The molecule has 1 fully saturated rings. The lowest BCUT2D eigenvalue weighted by atomic mass is 10.0. The number of rotatable bonds is 5. The lowest BCUT2D eigenvalue weighted by Crippen LogP contribution is -2.42. The smallest absolute Gasteiger partial charge is 0.310 e. The zero-order valence-electron chi connectivity index (χ0n) is 11.5. The Balaban J connectivity index is 2.07. The summed E-state index contributed by atoms with van der Waals surface area (Å²) in [6.07, 6.45) is 0. The van der Waals surface area contributed by atoms with Gasteiger partial charge in [-0.15, -0.1) is 0 Å². The fourth-order valence-corrected chi connectivity index (χ4v) is 2.53. The fraction of sp³-hybridized carbons (Fsp3) is 0.533. The first-order chi connectivity index (χ1) is 9.11. The lowest BCUT2D eigenvalue weighted by molar-refractivity contribution is -0.143. The van der Waals surface area contributed by atoms with Gasteiger partial charge in [0.1, 0.15) is 0 Å². The minimum atomic E-state index is -0.759. The van der Waals surface area contributed by atoms with Crippen LogP contribution in [0.1, 0.15) is 18.1 Å². The average Bonchev–Trinajstić information content (AvgIpc) is 2.87. The highest BCUT2D eigenvalue weighted by molar-refractivity contribution is 5.71. The van der Waals surface area contributed by atoms with Gasteiger partial charge in [-0.2, -0.15) is 0 Å². The summed E-state index contributed by atoms with van der Waals surface area (Å²) in [4.78, 5) is 13.4. The van der Waals surface area contributed by atoms with E-state index in [1.807, 2.05) is 0 Å². The van der Waals surface area contributed by atoms with E-state index in [0.29, 0.717) is 13.2 Å². The fourth-order valence-electron chi connectivity index (χ4n) is 2.53. The second-order valence-electron chi connectivity index (χ2n) is 5.10. The molecule has 1 N–H and O–H groups in total.